The number of amides is 1. The summed E-state index contributed by atoms with van der Waals surface area (Å²) in [6, 6.07) is 6.45. The minimum Gasteiger partial charge on any atom is -0.342 e. The number of halogens is 1. The van der Waals surface area contributed by atoms with Crippen LogP contribution in [0.25, 0.3) is 0 Å². The number of benzene rings is 1. The highest BCUT2D eigenvalue weighted by Crippen LogP contribution is 2.22. The first-order valence-electron chi connectivity index (χ1n) is 6.74. The van der Waals surface area contributed by atoms with E-state index in [0.717, 1.165) is 6.42 Å². The van der Waals surface area contributed by atoms with E-state index in [-0.39, 0.29) is 36.5 Å². The third-order valence-corrected chi connectivity index (χ3v) is 3.85. The van der Waals surface area contributed by atoms with Crippen LogP contribution in [0.4, 0.5) is 5.69 Å². The van der Waals surface area contributed by atoms with E-state index in [1.165, 1.54) is 6.07 Å². The maximum atomic E-state index is 12.2. The highest BCUT2D eigenvalue weighted by molar-refractivity contribution is 5.85. The summed E-state index contributed by atoms with van der Waals surface area (Å²) >= 11 is 0. The number of carbonyl (C=O) groups excluding carboxylic acids is 1. The molecule has 1 aliphatic heterocycles. The minimum absolute atomic E-state index is 0. The Hall–Kier alpha value is -1.66. The highest BCUT2D eigenvalue weighted by atomic mass is 35.5. The molecule has 0 saturated carbocycles. The molecule has 21 heavy (non-hydrogen) atoms. The van der Waals surface area contributed by atoms with E-state index in [9.17, 15) is 14.9 Å². The van der Waals surface area contributed by atoms with Gasteiger partial charge in [0, 0.05) is 30.8 Å². The number of nitrogens with zero attached hydrogens (tertiary/aromatic N) is 2. The average Bonchev–Trinajstić information content (AvgIpc) is 2.89. The highest BCUT2D eigenvalue weighted by Gasteiger charge is 2.29. The van der Waals surface area contributed by atoms with Crippen molar-refractivity contribution in [2.24, 2.45) is 11.7 Å². The zero-order valence-electron chi connectivity index (χ0n) is 11.9. The second-order valence-corrected chi connectivity index (χ2v) is 5.31. The van der Waals surface area contributed by atoms with Crippen molar-refractivity contribution >= 4 is 24.0 Å². The van der Waals surface area contributed by atoms with E-state index < -0.39 is 4.92 Å². The summed E-state index contributed by atoms with van der Waals surface area (Å²) in [5.74, 6) is 0.257. The average molecular weight is 314 g/mol. The molecule has 0 spiro atoms. The van der Waals surface area contributed by atoms with Crippen molar-refractivity contribution in [2.75, 3.05) is 13.1 Å². The van der Waals surface area contributed by atoms with E-state index in [0.29, 0.717) is 24.6 Å². The predicted octanol–water partition coefficient (Wildman–Crippen LogP) is 1.75. The van der Waals surface area contributed by atoms with Crippen LogP contribution >= 0.6 is 12.4 Å². The number of rotatable bonds is 4. The molecule has 1 aromatic rings. The van der Waals surface area contributed by atoms with Gasteiger partial charge in [-0.15, -0.1) is 12.4 Å². The van der Waals surface area contributed by atoms with Crippen LogP contribution in [0.3, 0.4) is 0 Å². The fraction of sp³-hybridized carbons (Fsp3) is 0.500. The molecule has 1 fully saturated rings. The number of likely N-dealkylation sites (tertiary alicyclic amines) is 1. The second-order valence-electron chi connectivity index (χ2n) is 5.31. The molecular formula is C14H20ClN3O3. The Morgan fingerprint density at radius 1 is 1.52 bits per heavy atom. The first-order valence-corrected chi connectivity index (χ1v) is 6.74. The molecule has 1 saturated heterocycles. The quantitative estimate of drug-likeness (QED) is 0.677. The van der Waals surface area contributed by atoms with E-state index >= 15 is 0 Å². The fourth-order valence-corrected chi connectivity index (χ4v) is 2.56. The van der Waals surface area contributed by atoms with Gasteiger partial charge in [-0.1, -0.05) is 18.2 Å². The lowest BCUT2D eigenvalue weighted by Crippen LogP contribution is -2.33. The molecule has 2 N–H and O–H groups in total. The molecule has 116 valence electrons. The number of nitro benzene ring substituents is 1. The number of nitro groups is 1. The van der Waals surface area contributed by atoms with Gasteiger partial charge in [-0.3, -0.25) is 14.9 Å². The van der Waals surface area contributed by atoms with Gasteiger partial charge in [0.15, 0.2) is 0 Å². The molecule has 2 rings (SSSR count). The zero-order chi connectivity index (χ0) is 14.7. The molecule has 2 atom stereocenters. The van der Waals surface area contributed by atoms with Gasteiger partial charge in [0.2, 0.25) is 5.91 Å². The van der Waals surface area contributed by atoms with Gasteiger partial charge < -0.3 is 10.6 Å². The van der Waals surface area contributed by atoms with Crippen molar-refractivity contribution in [3.63, 3.8) is 0 Å². The lowest BCUT2D eigenvalue weighted by molar-refractivity contribution is -0.385. The molecule has 0 aromatic heterocycles. The Labute approximate surface area is 129 Å². The first kappa shape index (κ1) is 17.4. The largest absolute Gasteiger partial charge is 0.342 e. The second kappa shape index (κ2) is 7.38. The third kappa shape index (κ3) is 4.15. The molecular weight excluding hydrogens is 294 g/mol. The normalized spacial score (nSPS) is 19.0. The van der Waals surface area contributed by atoms with Crippen LogP contribution in [0, 0.1) is 16.0 Å². The number of para-hydroxylation sites is 1. The molecule has 1 amide bonds. The summed E-state index contributed by atoms with van der Waals surface area (Å²) < 4.78 is 0. The number of nitrogens with two attached hydrogens (primary N) is 1. The predicted molar refractivity (Wildman–Crippen MR) is 82.4 cm³/mol. The maximum absolute atomic E-state index is 12.2. The smallest absolute Gasteiger partial charge is 0.273 e. The summed E-state index contributed by atoms with van der Waals surface area (Å²) in [5.41, 5.74) is 6.32. The van der Waals surface area contributed by atoms with Gasteiger partial charge >= 0.3 is 0 Å². The lowest BCUT2D eigenvalue weighted by atomic mass is 10.0. The minimum atomic E-state index is -0.447. The summed E-state index contributed by atoms with van der Waals surface area (Å²) in [6.45, 7) is 3.28. The van der Waals surface area contributed by atoms with Gasteiger partial charge in [0.1, 0.15) is 0 Å². The molecule has 6 nitrogen and oxygen atoms in total. The van der Waals surface area contributed by atoms with E-state index in [2.05, 4.69) is 0 Å². The van der Waals surface area contributed by atoms with Crippen LogP contribution in [0.1, 0.15) is 18.9 Å². The van der Waals surface area contributed by atoms with Gasteiger partial charge in [-0.2, -0.15) is 0 Å². The molecule has 0 aliphatic carbocycles. The molecule has 1 aliphatic rings. The monoisotopic (exact) mass is 313 g/mol. The van der Waals surface area contributed by atoms with E-state index in [1.54, 1.807) is 23.1 Å². The Kier molecular flexibility index (Phi) is 6.11. The zero-order valence-corrected chi connectivity index (χ0v) is 12.7. The molecule has 1 aromatic carbocycles. The SMILES string of the molecule is CC(N)C1CCN(C(=O)Cc2ccccc2[N+](=O)[O-])C1.Cl. The fourth-order valence-electron chi connectivity index (χ4n) is 2.56. The van der Waals surface area contributed by atoms with Gasteiger partial charge in [0.25, 0.3) is 5.69 Å². The summed E-state index contributed by atoms with van der Waals surface area (Å²) in [6.07, 6.45) is 0.975. The van der Waals surface area contributed by atoms with Crippen LogP contribution in [0.2, 0.25) is 0 Å². The standard InChI is InChI=1S/C14H19N3O3.ClH/c1-10(15)12-6-7-16(9-12)14(18)8-11-4-2-3-5-13(11)17(19)20;/h2-5,10,12H,6-9,15H2,1H3;1H. The molecule has 1 heterocycles. The van der Waals surface area contributed by atoms with Crippen LogP contribution in [0.5, 0.6) is 0 Å². The Bertz CT molecular complexity index is 522. The first-order chi connectivity index (χ1) is 9.49. The van der Waals surface area contributed by atoms with Crippen LogP contribution < -0.4 is 5.73 Å². The Morgan fingerprint density at radius 3 is 2.76 bits per heavy atom. The third-order valence-electron chi connectivity index (χ3n) is 3.85. The molecule has 7 heteroatoms. The van der Waals surface area contributed by atoms with E-state index in [1.807, 2.05) is 6.92 Å². The Balaban J connectivity index is 0.00000220. The van der Waals surface area contributed by atoms with Crippen LogP contribution in [0.15, 0.2) is 24.3 Å². The molecule has 0 bridgehead atoms. The van der Waals surface area contributed by atoms with Crippen molar-refractivity contribution in [3.05, 3.63) is 39.9 Å². The number of hydrogen-bond donors (Lipinski definition) is 1. The van der Waals surface area contributed by atoms with Crippen molar-refractivity contribution in [1.82, 2.24) is 4.90 Å². The molecule has 2 unspecified atom stereocenters. The topological polar surface area (TPSA) is 89.5 Å². The van der Waals surface area contributed by atoms with Crippen molar-refractivity contribution in [1.29, 1.82) is 0 Å². The van der Waals surface area contributed by atoms with Crippen molar-refractivity contribution in [3.8, 4) is 0 Å². The summed E-state index contributed by atoms with van der Waals surface area (Å²) in [7, 11) is 0. The Morgan fingerprint density at radius 2 is 2.19 bits per heavy atom. The maximum Gasteiger partial charge on any atom is 0.273 e. The number of hydrogen-bond acceptors (Lipinski definition) is 4. The van der Waals surface area contributed by atoms with Gasteiger partial charge in [0.05, 0.1) is 11.3 Å². The van der Waals surface area contributed by atoms with Crippen LogP contribution in [-0.2, 0) is 11.2 Å². The van der Waals surface area contributed by atoms with Crippen molar-refractivity contribution < 1.29 is 9.72 Å². The van der Waals surface area contributed by atoms with Gasteiger partial charge in [-0.25, -0.2) is 0 Å². The van der Waals surface area contributed by atoms with Crippen LogP contribution in [-0.4, -0.2) is 34.9 Å². The number of carbonyl (C=O) groups is 1. The lowest BCUT2D eigenvalue weighted by Gasteiger charge is -2.18. The summed E-state index contributed by atoms with van der Waals surface area (Å²) in [4.78, 5) is 24.5. The van der Waals surface area contributed by atoms with Gasteiger partial charge in [-0.05, 0) is 19.3 Å². The summed E-state index contributed by atoms with van der Waals surface area (Å²) in [5, 5.41) is 10.9. The molecule has 0 radical (unpaired) electrons. The van der Waals surface area contributed by atoms with E-state index in [4.69, 9.17) is 5.73 Å². The van der Waals surface area contributed by atoms with Crippen molar-refractivity contribution in [2.45, 2.75) is 25.8 Å².